The van der Waals surface area contributed by atoms with Crippen molar-refractivity contribution in [3.8, 4) is 0 Å². The Kier molecular flexibility index (Phi) is 6.44. The maximum Gasteiger partial charge on any atom is 0.239 e. The maximum atomic E-state index is 12.0. The molecule has 7 heteroatoms. The molecule has 1 aliphatic rings. The number of hydrogen-bond acceptors (Lipinski definition) is 4. The molecule has 1 rings (SSSR count). The number of carbonyl (C=O) groups is 3. The average Bonchev–Trinajstić information content (AvgIpc) is 2.39. The van der Waals surface area contributed by atoms with Crippen molar-refractivity contribution in [3.05, 3.63) is 0 Å². The largest absolute Gasteiger partial charge is 0.353 e. The highest BCUT2D eigenvalue weighted by Crippen LogP contribution is 1.98. The normalized spacial score (nSPS) is 15.2. The van der Waals surface area contributed by atoms with Gasteiger partial charge in [-0.25, -0.2) is 0 Å². The van der Waals surface area contributed by atoms with Crippen molar-refractivity contribution in [1.82, 2.24) is 20.0 Å². The first-order chi connectivity index (χ1) is 9.47. The minimum absolute atomic E-state index is 0.0155. The van der Waals surface area contributed by atoms with E-state index in [4.69, 9.17) is 0 Å². The highest BCUT2D eigenvalue weighted by atomic mass is 16.2. The Hall–Kier alpha value is -1.63. The molecule has 1 aliphatic heterocycles. The number of piperazine rings is 1. The van der Waals surface area contributed by atoms with Gasteiger partial charge in [-0.1, -0.05) is 0 Å². The highest BCUT2D eigenvalue weighted by Gasteiger charge is 2.22. The van der Waals surface area contributed by atoms with E-state index in [1.807, 2.05) is 13.8 Å². The van der Waals surface area contributed by atoms with Crippen LogP contribution in [-0.2, 0) is 14.4 Å². The Labute approximate surface area is 119 Å². The zero-order valence-electron chi connectivity index (χ0n) is 12.5. The van der Waals surface area contributed by atoms with E-state index in [0.717, 1.165) is 0 Å². The third-order valence-electron chi connectivity index (χ3n) is 3.32. The molecule has 0 spiro atoms. The fourth-order valence-electron chi connectivity index (χ4n) is 2.15. The molecule has 0 aromatic rings. The quantitative estimate of drug-likeness (QED) is 0.661. The molecule has 0 aromatic carbocycles. The third kappa shape index (κ3) is 4.80. The van der Waals surface area contributed by atoms with Crippen LogP contribution in [0.4, 0.5) is 0 Å². The molecule has 0 saturated carbocycles. The number of hydrogen-bond donors (Lipinski definition) is 1. The summed E-state index contributed by atoms with van der Waals surface area (Å²) in [6.07, 6.45) is 0. The summed E-state index contributed by atoms with van der Waals surface area (Å²) in [4.78, 5) is 40.1. The Morgan fingerprint density at radius 3 is 2.45 bits per heavy atom. The van der Waals surface area contributed by atoms with Gasteiger partial charge in [0.1, 0.15) is 0 Å². The zero-order valence-corrected chi connectivity index (χ0v) is 12.5. The number of rotatable bonds is 6. The van der Waals surface area contributed by atoms with Gasteiger partial charge in [-0.15, -0.1) is 0 Å². The summed E-state index contributed by atoms with van der Waals surface area (Å²) in [6.45, 7) is 6.70. The van der Waals surface area contributed by atoms with Crippen LogP contribution in [0.15, 0.2) is 0 Å². The molecule has 1 heterocycles. The first-order valence-electron chi connectivity index (χ1n) is 6.98. The highest BCUT2D eigenvalue weighted by molar-refractivity contribution is 5.87. The zero-order chi connectivity index (χ0) is 15.1. The van der Waals surface area contributed by atoms with Gasteiger partial charge in [0.2, 0.25) is 17.7 Å². The van der Waals surface area contributed by atoms with Crippen LogP contribution in [0.3, 0.4) is 0 Å². The summed E-state index contributed by atoms with van der Waals surface area (Å²) in [5, 5.41) is 2.68. The molecule has 0 atom stereocenters. The van der Waals surface area contributed by atoms with E-state index in [-0.39, 0.29) is 37.4 Å². The van der Waals surface area contributed by atoms with E-state index in [1.54, 1.807) is 16.8 Å². The number of nitrogens with zero attached hydrogens (tertiary/aromatic N) is 3. The van der Waals surface area contributed by atoms with Crippen LogP contribution in [0.25, 0.3) is 0 Å². The molecule has 0 bridgehead atoms. The van der Waals surface area contributed by atoms with Crippen molar-refractivity contribution in [2.75, 3.05) is 52.9 Å². The molecule has 0 aromatic heterocycles. The molecule has 0 aliphatic carbocycles. The molecule has 0 radical (unpaired) electrons. The van der Waals surface area contributed by atoms with Crippen LogP contribution < -0.4 is 5.32 Å². The van der Waals surface area contributed by atoms with Crippen LogP contribution in [0.1, 0.15) is 13.8 Å². The number of nitrogens with one attached hydrogen (secondary N) is 1. The third-order valence-corrected chi connectivity index (χ3v) is 3.32. The Bertz CT molecular complexity index is 369. The van der Waals surface area contributed by atoms with E-state index in [2.05, 4.69) is 5.32 Å². The lowest BCUT2D eigenvalue weighted by atomic mass is 10.3. The van der Waals surface area contributed by atoms with E-state index >= 15 is 0 Å². The Balaban J connectivity index is 2.41. The molecule has 1 fully saturated rings. The fourth-order valence-corrected chi connectivity index (χ4v) is 2.15. The molecule has 7 nitrogen and oxygen atoms in total. The summed E-state index contributed by atoms with van der Waals surface area (Å²) < 4.78 is 0. The van der Waals surface area contributed by atoms with Crippen LogP contribution >= 0.6 is 0 Å². The molecule has 20 heavy (non-hydrogen) atoms. The molecular weight excluding hydrogens is 260 g/mol. The summed E-state index contributed by atoms with van der Waals surface area (Å²) in [7, 11) is 1.74. The van der Waals surface area contributed by atoms with Gasteiger partial charge < -0.3 is 15.1 Å². The number of amides is 3. The monoisotopic (exact) mass is 284 g/mol. The first kappa shape index (κ1) is 16.4. The molecule has 1 saturated heterocycles. The lowest BCUT2D eigenvalue weighted by molar-refractivity contribution is -0.139. The van der Waals surface area contributed by atoms with Crippen LogP contribution in [0.5, 0.6) is 0 Å². The minimum atomic E-state index is -0.133. The van der Waals surface area contributed by atoms with E-state index in [1.165, 1.54) is 4.90 Å². The Morgan fingerprint density at radius 2 is 1.90 bits per heavy atom. The first-order valence-corrected chi connectivity index (χ1v) is 6.98. The van der Waals surface area contributed by atoms with Crippen molar-refractivity contribution in [3.63, 3.8) is 0 Å². The lowest BCUT2D eigenvalue weighted by Gasteiger charge is -2.29. The second-order valence-electron chi connectivity index (χ2n) is 4.90. The smallest absolute Gasteiger partial charge is 0.239 e. The molecule has 1 N–H and O–H groups in total. The standard InChI is InChI=1S/C13H24N4O3/c1-4-16(5-2)12(19)9-15(3)10-13(20)17-7-6-14-11(18)8-17/h4-10H2,1-3H3,(H,14,18). The van der Waals surface area contributed by atoms with Gasteiger partial charge in [-0.2, -0.15) is 0 Å². The van der Waals surface area contributed by atoms with Gasteiger partial charge in [0.15, 0.2) is 0 Å². The summed E-state index contributed by atoms with van der Waals surface area (Å²) >= 11 is 0. The van der Waals surface area contributed by atoms with Gasteiger partial charge in [0, 0.05) is 26.2 Å². The van der Waals surface area contributed by atoms with E-state index in [0.29, 0.717) is 26.2 Å². The van der Waals surface area contributed by atoms with Crippen molar-refractivity contribution in [2.45, 2.75) is 13.8 Å². The second-order valence-corrected chi connectivity index (χ2v) is 4.90. The fraction of sp³-hybridized carbons (Fsp3) is 0.769. The predicted molar refractivity (Wildman–Crippen MR) is 75.0 cm³/mol. The Morgan fingerprint density at radius 1 is 1.25 bits per heavy atom. The minimum Gasteiger partial charge on any atom is -0.353 e. The molecule has 114 valence electrons. The van der Waals surface area contributed by atoms with Gasteiger partial charge >= 0.3 is 0 Å². The predicted octanol–water partition coefficient (Wildman–Crippen LogP) is -1.25. The second kappa shape index (κ2) is 7.84. The summed E-state index contributed by atoms with van der Waals surface area (Å²) in [6, 6.07) is 0. The van der Waals surface area contributed by atoms with E-state index in [9.17, 15) is 14.4 Å². The molecular formula is C13H24N4O3. The van der Waals surface area contributed by atoms with Crippen molar-refractivity contribution in [2.24, 2.45) is 0 Å². The van der Waals surface area contributed by atoms with Crippen molar-refractivity contribution in [1.29, 1.82) is 0 Å². The van der Waals surface area contributed by atoms with Crippen LogP contribution in [0, 0.1) is 0 Å². The summed E-state index contributed by atoms with van der Waals surface area (Å²) in [5.41, 5.74) is 0. The van der Waals surface area contributed by atoms with Gasteiger partial charge in [0.05, 0.1) is 19.6 Å². The van der Waals surface area contributed by atoms with Crippen molar-refractivity contribution < 1.29 is 14.4 Å². The molecule has 3 amide bonds. The SMILES string of the molecule is CCN(CC)C(=O)CN(C)CC(=O)N1CCNC(=O)C1. The lowest BCUT2D eigenvalue weighted by Crippen LogP contribution is -2.52. The van der Waals surface area contributed by atoms with E-state index < -0.39 is 0 Å². The van der Waals surface area contributed by atoms with Gasteiger partial charge in [-0.3, -0.25) is 19.3 Å². The topological polar surface area (TPSA) is 73.0 Å². The van der Waals surface area contributed by atoms with Crippen LogP contribution in [-0.4, -0.2) is 85.3 Å². The van der Waals surface area contributed by atoms with Gasteiger partial charge in [0.25, 0.3) is 0 Å². The maximum absolute atomic E-state index is 12.0. The number of carbonyl (C=O) groups excluding carboxylic acids is 3. The van der Waals surface area contributed by atoms with Crippen LogP contribution in [0.2, 0.25) is 0 Å². The average molecular weight is 284 g/mol. The van der Waals surface area contributed by atoms with Crippen molar-refractivity contribution >= 4 is 17.7 Å². The van der Waals surface area contributed by atoms with Gasteiger partial charge in [-0.05, 0) is 20.9 Å². The molecule has 0 unspecified atom stereocenters. The summed E-state index contributed by atoms with van der Waals surface area (Å²) in [5.74, 6) is -0.233. The number of likely N-dealkylation sites (N-methyl/N-ethyl adjacent to an activating group) is 2.